The van der Waals surface area contributed by atoms with E-state index in [0.717, 1.165) is 68.9 Å². The van der Waals surface area contributed by atoms with Gasteiger partial charge in [0.1, 0.15) is 0 Å². The zero-order valence-electron chi connectivity index (χ0n) is 25.7. The molecule has 0 saturated heterocycles. The van der Waals surface area contributed by atoms with Crippen molar-refractivity contribution in [3.8, 4) is 0 Å². The molecule has 6 rings (SSSR count). The second kappa shape index (κ2) is 8.92. The van der Waals surface area contributed by atoms with E-state index >= 15 is 0 Å². The Balaban J connectivity index is 1.42. The SMILES string of the molecule is C=C(C)C1CC[C@]2(C(=O)O)CC[C@]3(C)[C@H](CC[C@@H]4[C@@]5(C)C/C(=C/c6ccccc6)C(=O)C(C)(C)C5CC[C@]43C)C12. The van der Waals surface area contributed by atoms with E-state index < -0.39 is 11.4 Å². The van der Waals surface area contributed by atoms with E-state index in [9.17, 15) is 14.7 Å². The molecule has 3 unspecified atom stereocenters. The van der Waals surface area contributed by atoms with Gasteiger partial charge in [0.15, 0.2) is 5.78 Å². The molecule has 216 valence electrons. The zero-order valence-corrected chi connectivity index (χ0v) is 25.7. The summed E-state index contributed by atoms with van der Waals surface area (Å²) in [5.74, 6) is 1.60. The van der Waals surface area contributed by atoms with Crippen LogP contribution in [0, 0.1) is 56.7 Å². The molecule has 40 heavy (non-hydrogen) atoms. The van der Waals surface area contributed by atoms with Gasteiger partial charge in [-0.3, -0.25) is 9.59 Å². The Morgan fingerprint density at radius 1 is 0.900 bits per heavy atom. The van der Waals surface area contributed by atoms with Gasteiger partial charge in [0.05, 0.1) is 5.41 Å². The highest BCUT2D eigenvalue weighted by molar-refractivity contribution is 6.04. The van der Waals surface area contributed by atoms with Crippen molar-refractivity contribution in [3.05, 3.63) is 53.6 Å². The Hall–Kier alpha value is -2.16. The number of carboxylic acid groups (broad SMARTS) is 1. The molecule has 5 saturated carbocycles. The van der Waals surface area contributed by atoms with Crippen LogP contribution in [0.4, 0.5) is 0 Å². The van der Waals surface area contributed by atoms with Crippen molar-refractivity contribution in [2.45, 2.75) is 99.3 Å². The normalized spacial score (nSPS) is 46.6. The van der Waals surface area contributed by atoms with Crippen LogP contribution in [0.1, 0.15) is 105 Å². The highest BCUT2D eigenvalue weighted by Gasteiger charge is 2.72. The van der Waals surface area contributed by atoms with Crippen molar-refractivity contribution in [1.82, 2.24) is 0 Å². The number of benzene rings is 1. The van der Waals surface area contributed by atoms with E-state index in [1.807, 2.05) is 6.07 Å². The molecular weight excluding hydrogens is 492 g/mol. The quantitative estimate of drug-likeness (QED) is 0.306. The molecule has 0 heterocycles. The number of carbonyl (C=O) groups excluding carboxylic acids is 1. The zero-order chi connectivity index (χ0) is 28.9. The number of Topliss-reactive ketones (excluding diaryl/α,β-unsaturated/α-hetero) is 1. The standard InChI is InChI=1S/C37H50O3/c1-23(2)26-15-18-37(32(39)40)20-19-35(6)27(30(26)37)13-14-29-34(5)22-25(21-24-11-9-8-10-12-24)31(38)33(3,4)28(34)16-17-36(29,35)7/h8-12,21,26-30H,1,13-20,22H2,2-7H3,(H,39,40)/b25-21-/t26?,27-,28?,29-,30?,34+,35-,36-,37+/m1/s1. The molecule has 0 spiro atoms. The first-order valence-electron chi connectivity index (χ1n) is 15.9. The largest absolute Gasteiger partial charge is 0.481 e. The molecule has 5 aliphatic rings. The van der Waals surface area contributed by atoms with Gasteiger partial charge < -0.3 is 5.11 Å². The van der Waals surface area contributed by atoms with Crippen molar-refractivity contribution >= 4 is 17.8 Å². The molecule has 0 aromatic heterocycles. The van der Waals surface area contributed by atoms with Crippen LogP contribution in [0.2, 0.25) is 0 Å². The lowest BCUT2D eigenvalue weighted by atomic mass is 9.32. The minimum atomic E-state index is -0.580. The van der Waals surface area contributed by atoms with E-state index in [0.29, 0.717) is 29.5 Å². The van der Waals surface area contributed by atoms with E-state index in [-0.39, 0.29) is 27.6 Å². The summed E-state index contributed by atoms with van der Waals surface area (Å²) in [4.78, 5) is 26.9. The molecule has 9 atom stereocenters. The van der Waals surface area contributed by atoms with Gasteiger partial charge in [-0.05, 0) is 128 Å². The van der Waals surface area contributed by atoms with Crippen molar-refractivity contribution in [3.63, 3.8) is 0 Å². The third kappa shape index (κ3) is 3.48. The summed E-state index contributed by atoms with van der Waals surface area (Å²) < 4.78 is 0. The molecule has 0 bridgehead atoms. The number of carboxylic acids is 1. The lowest BCUT2D eigenvalue weighted by Crippen LogP contribution is -2.67. The molecule has 5 aliphatic carbocycles. The minimum Gasteiger partial charge on any atom is -0.481 e. The topological polar surface area (TPSA) is 54.4 Å². The van der Waals surface area contributed by atoms with Crippen LogP contribution in [0.25, 0.3) is 6.08 Å². The highest BCUT2D eigenvalue weighted by atomic mass is 16.4. The lowest BCUT2D eigenvalue weighted by molar-refractivity contribution is -0.231. The Bertz CT molecular complexity index is 1270. The average Bonchev–Trinajstić information content (AvgIpc) is 3.30. The molecule has 1 aromatic rings. The lowest BCUT2D eigenvalue weighted by Gasteiger charge is -2.72. The van der Waals surface area contributed by atoms with Crippen LogP contribution in [-0.2, 0) is 9.59 Å². The molecule has 0 radical (unpaired) electrons. The van der Waals surface area contributed by atoms with Crippen molar-refractivity contribution in [2.24, 2.45) is 56.7 Å². The second-order valence-corrected chi connectivity index (χ2v) is 16.0. The fourth-order valence-electron chi connectivity index (χ4n) is 12.2. The molecule has 1 aromatic carbocycles. The van der Waals surface area contributed by atoms with Crippen LogP contribution in [-0.4, -0.2) is 16.9 Å². The third-order valence-electron chi connectivity index (χ3n) is 14.2. The van der Waals surface area contributed by atoms with Crippen LogP contribution in [0.3, 0.4) is 0 Å². The molecule has 1 N–H and O–H groups in total. The van der Waals surface area contributed by atoms with Gasteiger partial charge in [-0.25, -0.2) is 0 Å². The second-order valence-electron chi connectivity index (χ2n) is 16.0. The highest BCUT2D eigenvalue weighted by Crippen LogP contribution is 2.77. The third-order valence-corrected chi connectivity index (χ3v) is 14.2. The number of carbonyl (C=O) groups is 2. The van der Waals surface area contributed by atoms with Crippen LogP contribution >= 0.6 is 0 Å². The van der Waals surface area contributed by atoms with E-state index in [1.54, 1.807) is 0 Å². The average molecular weight is 543 g/mol. The summed E-state index contributed by atoms with van der Waals surface area (Å²) in [6, 6.07) is 10.3. The van der Waals surface area contributed by atoms with E-state index in [1.165, 1.54) is 5.57 Å². The van der Waals surface area contributed by atoms with E-state index in [4.69, 9.17) is 0 Å². The summed E-state index contributed by atoms with van der Waals surface area (Å²) in [5, 5.41) is 10.6. The fraction of sp³-hybridized carbons (Fsp3) is 0.676. The summed E-state index contributed by atoms with van der Waals surface area (Å²) in [5.41, 5.74) is 2.60. The van der Waals surface area contributed by atoms with E-state index in [2.05, 4.69) is 78.5 Å². The fourth-order valence-corrected chi connectivity index (χ4v) is 12.2. The molecule has 0 amide bonds. The number of rotatable bonds is 3. The van der Waals surface area contributed by atoms with Crippen LogP contribution in [0.15, 0.2) is 48.1 Å². The summed E-state index contributed by atoms with van der Waals surface area (Å²) in [6.45, 7) is 18.6. The Morgan fingerprint density at radius 3 is 2.25 bits per heavy atom. The van der Waals surface area contributed by atoms with Crippen molar-refractivity contribution in [2.75, 3.05) is 0 Å². The van der Waals surface area contributed by atoms with Gasteiger partial charge in [-0.1, -0.05) is 77.1 Å². The first-order chi connectivity index (χ1) is 18.7. The molecule has 3 heteroatoms. The Morgan fingerprint density at radius 2 is 1.60 bits per heavy atom. The number of hydrogen-bond donors (Lipinski definition) is 1. The van der Waals surface area contributed by atoms with Gasteiger partial charge in [-0.15, -0.1) is 0 Å². The molecular formula is C37H50O3. The van der Waals surface area contributed by atoms with Crippen molar-refractivity contribution < 1.29 is 14.7 Å². The first kappa shape index (κ1) is 28.0. The van der Waals surface area contributed by atoms with Gasteiger partial charge in [-0.2, -0.15) is 0 Å². The summed E-state index contributed by atoms with van der Waals surface area (Å²) >= 11 is 0. The number of allylic oxidation sites excluding steroid dienone is 2. The Labute approximate surface area is 241 Å². The Kier molecular flexibility index (Phi) is 6.24. The predicted octanol–water partition coefficient (Wildman–Crippen LogP) is 8.99. The maximum atomic E-state index is 14.0. The maximum Gasteiger partial charge on any atom is 0.309 e. The number of hydrogen-bond acceptors (Lipinski definition) is 2. The smallest absolute Gasteiger partial charge is 0.309 e. The van der Waals surface area contributed by atoms with Crippen LogP contribution in [0.5, 0.6) is 0 Å². The number of aliphatic carboxylic acids is 1. The summed E-state index contributed by atoms with van der Waals surface area (Å²) in [6.07, 6.45) is 11.1. The van der Waals surface area contributed by atoms with Gasteiger partial charge >= 0.3 is 5.97 Å². The van der Waals surface area contributed by atoms with Crippen molar-refractivity contribution in [1.29, 1.82) is 0 Å². The molecule has 3 nitrogen and oxygen atoms in total. The molecule has 0 aliphatic heterocycles. The minimum absolute atomic E-state index is 0.0454. The van der Waals surface area contributed by atoms with Gasteiger partial charge in [0, 0.05) is 5.41 Å². The number of ketones is 1. The first-order valence-corrected chi connectivity index (χ1v) is 15.9. The summed E-state index contributed by atoms with van der Waals surface area (Å²) in [7, 11) is 0. The molecule has 5 fully saturated rings. The predicted molar refractivity (Wildman–Crippen MR) is 161 cm³/mol. The maximum absolute atomic E-state index is 14.0. The van der Waals surface area contributed by atoms with Crippen LogP contribution < -0.4 is 0 Å². The van der Waals surface area contributed by atoms with Gasteiger partial charge in [0.25, 0.3) is 0 Å². The number of fused-ring (bicyclic) bond motifs is 7. The monoisotopic (exact) mass is 542 g/mol. The van der Waals surface area contributed by atoms with Gasteiger partial charge in [0.2, 0.25) is 0 Å².